The quantitative estimate of drug-likeness (QED) is 0.895. The van der Waals surface area contributed by atoms with Crippen molar-refractivity contribution in [3.8, 4) is 5.75 Å². The fraction of sp³-hybridized carbons (Fsp3) is 0.667. The molecule has 0 aliphatic heterocycles. The Hall–Kier alpha value is -1.07. The van der Waals surface area contributed by atoms with E-state index in [0.29, 0.717) is 23.1 Å². The molecular weight excluding hydrogens is 310 g/mol. The lowest BCUT2D eigenvalue weighted by molar-refractivity contribution is 0.356. The monoisotopic (exact) mass is 337 g/mol. The Morgan fingerprint density at radius 1 is 1.04 bits per heavy atom. The van der Waals surface area contributed by atoms with Crippen LogP contribution in [-0.2, 0) is 22.9 Å². The maximum atomic E-state index is 12.7. The predicted octanol–water partition coefficient (Wildman–Crippen LogP) is 3.43. The normalized spacial score (nSPS) is 19.3. The number of benzene rings is 1. The number of nitrogens with one attached hydrogen (secondary N) is 1. The van der Waals surface area contributed by atoms with Crippen molar-refractivity contribution in [2.45, 2.75) is 62.7 Å². The third-order valence-electron chi connectivity index (χ3n) is 5.20. The van der Waals surface area contributed by atoms with E-state index in [9.17, 15) is 8.42 Å². The predicted molar refractivity (Wildman–Crippen MR) is 91.4 cm³/mol. The molecule has 0 unspecified atom stereocenters. The Morgan fingerprint density at radius 3 is 2.35 bits per heavy atom. The average Bonchev–Trinajstić information content (AvgIpc) is 2.60. The van der Waals surface area contributed by atoms with E-state index in [1.165, 1.54) is 31.2 Å². The minimum absolute atomic E-state index is 0.302. The molecule has 2 aliphatic rings. The molecule has 1 aromatic rings. The number of ether oxygens (including phenoxy) is 1. The number of sulfonamides is 1. The number of hydrogen-bond donors (Lipinski definition) is 1. The van der Waals surface area contributed by atoms with E-state index in [-0.39, 0.29) is 0 Å². The van der Waals surface area contributed by atoms with Crippen molar-refractivity contribution in [2.75, 3.05) is 13.7 Å². The molecule has 1 N–H and O–H groups in total. The van der Waals surface area contributed by atoms with Crippen molar-refractivity contribution in [2.24, 2.45) is 5.92 Å². The van der Waals surface area contributed by atoms with Crippen LogP contribution < -0.4 is 9.46 Å². The minimum Gasteiger partial charge on any atom is -0.495 e. The summed E-state index contributed by atoms with van der Waals surface area (Å²) in [7, 11) is -1.96. The molecule has 23 heavy (non-hydrogen) atoms. The molecule has 5 heteroatoms. The third-order valence-corrected chi connectivity index (χ3v) is 6.65. The largest absolute Gasteiger partial charge is 0.495 e. The molecule has 3 rings (SSSR count). The molecule has 1 aromatic carbocycles. The van der Waals surface area contributed by atoms with E-state index >= 15 is 0 Å². The van der Waals surface area contributed by atoms with Crippen LogP contribution in [0, 0.1) is 5.92 Å². The highest BCUT2D eigenvalue weighted by Gasteiger charge is 2.24. The first-order valence-electron chi connectivity index (χ1n) is 8.79. The van der Waals surface area contributed by atoms with Gasteiger partial charge in [0.05, 0.1) is 7.11 Å². The van der Waals surface area contributed by atoms with Gasteiger partial charge in [-0.1, -0.05) is 19.3 Å². The first-order chi connectivity index (χ1) is 11.1. The zero-order valence-corrected chi connectivity index (χ0v) is 14.8. The molecule has 0 saturated heterocycles. The van der Waals surface area contributed by atoms with Gasteiger partial charge in [-0.05, 0) is 67.7 Å². The van der Waals surface area contributed by atoms with E-state index in [2.05, 4.69) is 4.72 Å². The molecule has 4 nitrogen and oxygen atoms in total. The number of aryl methyl sites for hydroxylation is 2. The Labute approximate surface area is 139 Å². The molecule has 0 radical (unpaired) electrons. The SMILES string of the molecule is COc1cc2c(cc1S(=O)(=O)NCC1CCCCC1)CCCC2. The molecule has 1 fully saturated rings. The molecule has 0 amide bonds. The standard InChI is InChI=1S/C18H27NO3S/c1-22-17-11-15-9-5-6-10-16(15)12-18(17)23(20,21)19-13-14-7-3-2-4-8-14/h11-12,14,19H,2-10,13H2,1H3. The first kappa shape index (κ1) is 16.8. The van der Waals surface area contributed by atoms with Gasteiger partial charge >= 0.3 is 0 Å². The van der Waals surface area contributed by atoms with Crippen LogP contribution in [0.15, 0.2) is 17.0 Å². The molecule has 0 heterocycles. The highest BCUT2D eigenvalue weighted by Crippen LogP contribution is 2.32. The number of rotatable bonds is 5. The van der Waals surface area contributed by atoms with Crippen molar-refractivity contribution in [1.82, 2.24) is 4.72 Å². The number of methoxy groups -OCH3 is 1. The minimum atomic E-state index is -3.51. The van der Waals surface area contributed by atoms with Crippen molar-refractivity contribution in [3.63, 3.8) is 0 Å². The Balaban J connectivity index is 1.80. The lowest BCUT2D eigenvalue weighted by Crippen LogP contribution is -2.30. The number of fused-ring (bicyclic) bond motifs is 1. The van der Waals surface area contributed by atoms with Crippen LogP contribution in [0.1, 0.15) is 56.1 Å². The zero-order chi connectivity index (χ0) is 16.3. The topological polar surface area (TPSA) is 55.4 Å². The van der Waals surface area contributed by atoms with Crippen LogP contribution in [0.3, 0.4) is 0 Å². The third kappa shape index (κ3) is 3.89. The van der Waals surface area contributed by atoms with E-state index in [1.54, 1.807) is 7.11 Å². The zero-order valence-electron chi connectivity index (χ0n) is 13.9. The lowest BCUT2D eigenvalue weighted by Gasteiger charge is -2.23. The molecule has 0 aromatic heterocycles. The fourth-order valence-corrected chi connectivity index (χ4v) is 5.12. The van der Waals surface area contributed by atoms with Gasteiger partial charge < -0.3 is 4.74 Å². The van der Waals surface area contributed by atoms with Crippen LogP contribution in [0.25, 0.3) is 0 Å². The van der Waals surface area contributed by atoms with Crippen LogP contribution in [-0.4, -0.2) is 22.1 Å². The van der Waals surface area contributed by atoms with Crippen molar-refractivity contribution in [3.05, 3.63) is 23.3 Å². The molecule has 0 spiro atoms. The lowest BCUT2D eigenvalue weighted by atomic mass is 9.90. The maximum Gasteiger partial charge on any atom is 0.244 e. The summed E-state index contributed by atoms with van der Waals surface area (Å²) in [5, 5.41) is 0. The summed E-state index contributed by atoms with van der Waals surface area (Å²) in [5.74, 6) is 0.948. The van der Waals surface area contributed by atoms with Crippen LogP contribution >= 0.6 is 0 Å². The van der Waals surface area contributed by atoms with Gasteiger partial charge in [0.15, 0.2) is 0 Å². The highest BCUT2D eigenvalue weighted by atomic mass is 32.2. The second kappa shape index (κ2) is 7.22. The summed E-state index contributed by atoms with van der Waals surface area (Å²) in [6.45, 7) is 0.544. The summed E-state index contributed by atoms with van der Waals surface area (Å²) in [5.41, 5.74) is 2.40. The molecule has 1 saturated carbocycles. The summed E-state index contributed by atoms with van der Waals surface area (Å²) in [6.07, 6.45) is 10.3. The van der Waals surface area contributed by atoms with Gasteiger partial charge in [0.1, 0.15) is 10.6 Å². The Morgan fingerprint density at radius 2 is 1.70 bits per heavy atom. The average molecular weight is 337 g/mol. The molecule has 2 aliphatic carbocycles. The van der Waals surface area contributed by atoms with Gasteiger partial charge in [-0.3, -0.25) is 0 Å². The van der Waals surface area contributed by atoms with Crippen LogP contribution in [0.2, 0.25) is 0 Å². The molecule has 0 bridgehead atoms. The van der Waals surface area contributed by atoms with E-state index in [1.807, 2.05) is 12.1 Å². The fourth-order valence-electron chi connectivity index (χ4n) is 3.81. The Kier molecular flexibility index (Phi) is 5.27. The molecule has 0 atom stereocenters. The van der Waals surface area contributed by atoms with Crippen molar-refractivity contribution < 1.29 is 13.2 Å². The summed E-state index contributed by atoms with van der Waals surface area (Å²) >= 11 is 0. The van der Waals surface area contributed by atoms with Crippen molar-refractivity contribution in [1.29, 1.82) is 0 Å². The van der Waals surface area contributed by atoms with Gasteiger partial charge in [-0.15, -0.1) is 0 Å². The Bertz CT molecular complexity index is 648. The van der Waals surface area contributed by atoms with Gasteiger partial charge in [-0.25, -0.2) is 13.1 Å². The molecule has 128 valence electrons. The second-order valence-electron chi connectivity index (χ2n) is 6.83. The number of hydrogen-bond acceptors (Lipinski definition) is 3. The van der Waals surface area contributed by atoms with E-state index < -0.39 is 10.0 Å². The smallest absolute Gasteiger partial charge is 0.244 e. The highest BCUT2D eigenvalue weighted by molar-refractivity contribution is 7.89. The van der Waals surface area contributed by atoms with Crippen LogP contribution in [0.4, 0.5) is 0 Å². The summed E-state index contributed by atoms with van der Waals surface area (Å²) < 4.78 is 33.7. The van der Waals surface area contributed by atoms with Gasteiger partial charge in [0.25, 0.3) is 0 Å². The van der Waals surface area contributed by atoms with Gasteiger partial charge in [0.2, 0.25) is 10.0 Å². The van der Waals surface area contributed by atoms with Crippen molar-refractivity contribution >= 4 is 10.0 Å². The summed E-state index contributed by atoms with van der Waals surface area (Å²) in [4.78, 5) is 0.302. The van der Waals surface area contributed by atoms with Gasteiger partial charge in [-0.2, -0.15) is 0 Å². The maximum absolute atomic E-state index is 12.7. The van der Waals surface area contributed by atoms with E-state index in [0.717, 1.165) is 37.7 Å². The molecular formula is C18H27NO3S. The van der Waals surface area contributed by atoms with Gasteiger partial charge in [0, 0.05) is 6.54 Å². The second-order valence-corrected chi connectivity index (χ2v) is 8.57. The van der Waals surface area contributed by atoms with Crippen LogP contribution in [0.5, 0.6) is 5.75 Å². The first-order valence-corrected chi connectivity index (χ1v) is 10.3. The van der Waals surface area contributed by atoms with E-state index in [4.69, 9.17) is 4.74 Å². The summed E-state index contributed by atoms with van der Waals surface area (Å²) in [6, 6.07) is 3.75.